The van der Waals surface area contributed by atoms with E-state index in [0.29, 0.717) is 29.9 Å². The predicted molar refractivity (Wildman–Crippen MR) is 76.4 cm³/mol. The molecule has 1 aromatic rings. The Bertz CT molecular complexity index is 569. The second kappa shape index (κ2) is 6.65. The monoisotopic (exact) mass is 306 g/mol. The summed E-state index contributed by atoms with van der Waals surface area (Å²) in [5, 5.41) is 0. The van der Waals surface area contributed by atoms with Gasteiger partial charge in [0.15, 0.2) is 11.5 Å². The summed E-state index contributed by atoms with van der Waals surface area (Å²) < 4.78 is 15.8. The van der Waals surface area contributed by atoms with Gasteiger partial charge in [0.25, 0.3) is 5.91 Å². The number of benzene rings is 1. The molecule has 0 radical (unpaired) electrons. The number of amides is 2. The Kier molecular flexibility index (Phi) is 4.43. The Morgan fingerprint density at radius 2 is 2.05 bits per heavy atom. The minimum Gasteiger partial charge on any atom is -0.454 e. The second-order valence-electron chi connectivity index (χ2n) is 5.24. The van der Waals surface area contributed by atoms with Gasteiger partial charge < -0.3 is 14.2 Å². The molecule has 7 heteroatoms. The van der Waals surface area contributed by atoms with E-state index in [1.165, 1.54) is 0 Å². The van der Waals surface area contributed by atoms with E-state index in [0.717, 1.165) is 19.4 Å². The molecule has 2 amide bonds. The molecule has 118 valence electrons. The molecule has 0 spiro atoms. The summed E-state index contributed by atoms with van der Waals surface area (Å²) in [6, 6.07) is 4.86. The average molecular weight is 306 g/mol. The van der Waals surface area contributed by atoms with Crippen LogP contribution in [0.2, 0.25) is 0 Å². The minimum atomic E-state index is -0.399. The van der Waals surface area contributed by atoms with Crippen LogP contribution < -0.4 is 20.3 Å². The van der Waals surface area contributed by atoms with Crippen molar-refractivity contribution < 1.29 is 23.8 Å². The molecule has 0 aliphatic carbocycles. The van der Waals surface area contributed by atoms with Gasteiger partial charge >= 0.3 is 0 Å². The summed E-state index contributed by atoms with van der Waals surface area (Å²) in [6.07, 6.45) is 3.21. The van der Waals surface area contributed by atoms with Gasteiger partial charge in [-0.15, -0.1) is 0 Å². The molecular weight excluding hydrogens is 288 g/mol. The van der Waals surface area contributed by atoms with Crippen LogP contribution in [-0.4, -0.2) is 31.3 Å². The highest BCUT2D eigenvalue weighted by atomic mass is 16.7. The third-order valence-corrected chi connectivity index (χ3v) is 3.67. The zero-order chi connectivity index (χ0) is 15.4. The van der Waals surface area contributed by atoms with Gasteiger partial charge in [0, 0.05) is 18.6 Å². The lowest BCUT2D eigenvalue weighted by molar-refractivity contribution is -0.122. The first-order valence-electron chi connectivity index (χ1n) is 7.33. The number of carbonyl (C=O) groups excluding carboxylic acids is 2. The largest absolute Gasteiger partial charge is 0.454 e. The maximum absolute atomic E-state index is 12.0. The van der Waals surface area contributed by atoms with E-state index in [2.05, 4.69) is 10.9 Å². The van der Waals surface area contributed by atoms with E-state index in [4.69, 9.17) is 14.2 Å². The van der Waals surface area contributed by atoms with Crippen molar-refractivity contribution in [3.05, 3.63) is 23.8 Å². The molecule has 2 aliphatic heterocycles. The van der Waals surface area contributed by atoms with E-state index in [1.807, 2.05) is 0 Å². The lowest BCUT2D eigenvalue weighted by Gasteiger charge is -2.10. The van der Waals surface area contributed by atoms with Gasteiger partial charge in [-0.25, -0.2) is 0 Å². The summed E-state index contributed by atoms with van der Waals surface area (Å²) in [4.78, 5) is 23.7. The first kappa shape index (κ1) is 14.6. The van der Waals surface area contributed by atoms with Gasteiger partial charge in [-0.3, -0.25) is 20.4 Å². The average Bonchev–Trinajstić information content (AvgIpc) is 3.20. The van der Waals surface area contributed by atoms with Gasteiger partial charge in [-0.1, -0.05) is 0 Å². The van der Waals surface area contributed by atoms with Crippen LogP contribution in [0, 0.1) is 0 Å². The molecule has 1 aromatic carbocycles. The molecule has 2 heterocycles. The van der Waals surface area contributed by atoms with Gasteiger partial charge in [0.2, 0.25) is 12.7 Å². The van der Waals surface area contributed by atoms with Crippen molar-refractivity contribution in [2.45, 2.75) is 31.8 Å². The molecule has 2 aliphatic rings. The Morgan fingerprint density at radius 1 is 1.18 bits per heavy atom. The van der Waals surface area contributed by atoms with Crippen molar-refractivity contribution in [1.29, 1.82) is 0 Å². The first-order valence-corrected chi connectivity index (χ1v) is 7.33. The van der Waals surface area contributed by atoms with E-state index in [1.54, 1.807) is 18.2 Å². The molecule has 7 nitrogen and oxygen atoms in total. The predicted octanol–water partition coefficient (Wildman–Crippen LogP) is 1.14. The van der Waals surface area contributed by atoms with Crippen molar-refractivity contribution >= 4 is 11.8 Å². The van der Waals surface area contributed by atoms with Crippen molar-refractivity contribution in [2.24, 2.45) is 0 Å². The summed E-state index contributed by atoms with van der Waals surface area (Å²) in [6.45, 7) is 0.924. The normalized spacial score (nSPS) is 19.0. The number of hydrogen-bond donors (Lipinski definition) is 2. The summed E-state index contributed by atoms with van der Waals surface area (Å²) >= 11 is 0. The minimum absolute atomic E-state index is 0.153. The number of hydrogen-bond acceptors (Lipinski definition) is 5. The Labute approximate surface area is 127 Å². The topological polar surface area (TPSA) is 85.9 Å². The molecular formula is C15H18N2O5. The number of nitrogens with one attached hydrogen (secondary N) is 2. The van der Waals surface area contributed by atoms with Crippen LogP contribution in [0.3, 0.4) is 0 Å². The molecule has 0 aromatic heterocycles. The summed E-state index contributed by atoms with van der Waals surface area (Å²) in [7, 11) is 0. The van der Waals surface area contributed by atoms with Crippen LogP contribution in [0.15, 0.2) is 18.2 Å². The van der Waals surface area contributed by atoms with Crippen LogP contribution in [0.1, 0.15) is 36.0 Å². The lowest BCUT2D eigenvalue weighted by Crippen LogP contribution is -2.41. The fourth-order valence-electron chi connectivity index (χ4n) is 2.46. The van der Waals surface area contributed by atoms with Crippen LogP contribution >= 0.6 is 0 Å². The van der Waals surface area contributed by atoms with Crippen molar-refractivity contribution in [3.63, 3.8) is 0 Å². The van der Waals surface area contributed by atoms with Crippen LogP contribution in [0.4, 0.5) is 0 Å². The zero-order valence-electron chi connectivity index (χ0n) is 12.1. The molecule has 1 atom stereocenters. The zero-order valence-corrected chi connectivity index (χ0v) is 12.1. The van der Waals surface area contributed by atoms with Crippen LogP contribution in [-0.2, 0) is 9.53 Å². The van der Waals surface area contributed by atoms with Crippen molar-refractivity contribution in [1.82, 2.24) is 10.9 Å². The molecule has 0 saturated carbocycles. The van der Waals surface area contributed by atoms with E-state index < -0.39 is 5.91 Å². The fourth-order valence-corrected chi connectivity index (χ4v) is 2.46. The Balaban J connectivity index is 1.44. The van der Waals surface area contributed by atoms with Gasteiger partial charge in [-0.05, 0) is 37.5 Å². The molecule has 22 heavy (non-hydrogen) atoms. The number of rotatable bonds is 4. The highest BCUT2D eigenvalue weighted by Crippen LogP contribution is 2.32. The fraction of sp³-hybridized carbons (Fsp3) is 0.467. The summed E-state index contributed by atoms with van der Waals surface area (Å²) in [5.41, 5.74) is 5.19. The highest BCUT2D eigenvalue weighted by Gasteiger charge is 2.18. The van der Waals surface area contributed by atoms with Crippen molar-refractivity contribution in [3.8, 4) is 11.5 Å². The molecule has 0 unspecified atom stereocenters. The Hall–Kier alpha value is -2.28. The number of carbonyl (C=O) groups is 2. The standard InChI is InChI=1S/C15H18N2O5/c18-14(6-4-11-2-1-7-20-11)16-17-15(19)10-3-5-12-13(8-10)22-9-21-12/h3,5,8,11H,1-2,4,6-7,9H2,(H,16,18)(H,17,19)/t11-/m1/s1. The van der Waals surface area contributed by atoms with Gasteiger partial charge in [0.05, 0.1) is 6.10 Å². The number of hydrazine groups is 1. The maximum atomic E-state index is 12.0. The Morgan fingerprint density at radius 3 is 2.86 bits per heavy atom. The molecule has 3 rings (SSSR count). The maximum Gasteiger partial charge on any atom is 0.269 e. The quantitative estimate of drug-likeness (QED) is 0.815. The van der Waals surface area contributed by atoms with Crippen molar-refractivity contribution in [2.75, 3.05) is 13.4 Å². The third-order valence-electron chi connectivity index (χ3n) is 3.67. The molecule has 0 bridgehead atoms. The first-order chi connectivity index (χ1) is 10.7. The highest BCUT2D eigenvalue weighted by molar-refractivity contribution is 5.96. The SMILES string of the molecule is O=C(CC[C@H]1CCCO1)NNC(=O)c1ccc2c(c1)OCO2. The van der Waals surface area contributed by atoms with E-state index >= 15 is 0 Å². The summed E-state index contributed by atoms with van der Waals surface area (Å²) in [5.74, 6) is 0.503. The smallest absolute Gasteiger partial charge is 0.269 e. The second-order valence-corrected chi connectivity index (χ2v) is 5.24. The molecule has 1 fully saturated rings. The third kappa shape index (κ3) is 3.48. The van der Waals surface area contributed by atoms with Gasteiger partial charge in [-0.2, -0.15) is 0 Å². The molecule has 1 saturated heterocycles. The number of fused-ring (bicyclic) bond motifs is 1. The number of ether oxygens (including phenoxy) is 3. The lowest BCUT2D eigenvalue weighted by atomic mass is 10.1. The van der Waals surface area contributed by atoms with Gasteiger partial charge in [0.1, 0.15) is 0 Å². The van der Waals surface area contributed by atoms with E-state index in [-0.39, 0.29) is 18.8 Å². The van der Waals surface area contributed by atoms with Crippen LogP contribution in [0.25, 0.3) is 0 Å². The van der Waals surface area contributed by atoms with Crippen LogP contribution in [0.5, 0.6) is 11.5 Å². The molecule has 2 N–H and O–H groups in total. The van der Waals surface area contributed by atoms with E-state index in [9.17, 15) is 9.59 Å².